The second-order valence-corrected chi connectivity index (χ2v) is 7.65. The van der Waals surface area contributed by atoms with E-state index in [2.05, 4.69) is 34.3 Å². The minimum atomic E-state index is -0.300. The van der Waals surface area contributed by atoms with Gasteiger partial charge in [-0.3, -0.25) is 4.98 Å². The second-order valence-electron chi connectivity index (χ2n) is 7.65. The van der Waals surface area contributed by atoms with E-state index in [1.165, 1.54) is 0 Å². The van der Waals surface area contributed by atoms with Gasteiger partial charge in [0, 0.05) is 22.3 Å². The molecule has 2 aromatic carbocycles. The fraction of sp³-hybridized carbons (Fsp3) is 0.154. The molecule has 0 radical (unpaired) electrons. The number of hydrogen-bond acceptors (Lipinski definition) is 2. The number of urea groups is 1. The molecule has 0 aliphatic heterocycles. The van der Waals surface area contributed by atoms with Gasteiger partial charge >= 0.3 is 6.03 Å². The Balaban J connectivity index is 1.88. The first kappa shape index (κ1) is 21.1. The maximum Gasteiger partial charge on any atom is 0.323 e. The summed E-state index contributed by atoms with van der Waals surface area (Å²) < 4.78 is 0. The van der Waals surface area contributed by atoms with Gasteiger partial charge in [0.05, 0.1) is 11.2 Å². The zero-order valence-corrected chi connectivity index (χ0v) is 17.9. The number of para-hydroxylation sites is 1. The van der Waals surface area contributed by atoms with Gasteiger partial charge in [-0.25, -0.2) is 4.79 Å². The Hall–Kier alpha value is -3.66. The maximum atomic E-state index is 12.7. The molecule has 3 aromatic rings. The van der Waals surface area contributed by atoms with Crippen LogP contribution in [-0.4, -0.2) is 11.0 Å². The minimum absolute atomic E-state index is 0.300. The van der Waals surface area contributed by atoms with E-state index in [0.717, 1.165) is 44.6 Å². The summed E-state index contributed by atoms with van der Waals surface area (Å²) in [5.74, 6) is 0. The summed E-state index contributed by atoms with van der Waals surface area (Å²) in [6, 6.07) is 17.7. The van der Waals surface area contributed by atoms with Crippen LogP contribution < -0.4 is 10.6 Å². The van der Waals surface area contributed by atoms with Crippen molar-refractivity contribution in [1.82, 2.24) is 10.3 Å². The number of anilines is 1. The van der Waals surface area contributed by atoms with Gasteiger partial charge in [-0.05, 0) is 69.7 Å². The molecule has 3 rings (SSSR count). The van der Waals surface area contributed by atoms with E-state index in [9.17, 15) is 4.79 Å². The van der Waals surface area contributed by atoms with Crippen LogP contribution in [0.1, 0.15) is 26.5 Å². The molecule has 1 aromatic heterocycles. The molecule has 2 amide bonds. The average molecular weight is 398 g/mol. The second kappa shape index (κ2) is 9.23. The van der Waals surface area contributed by atoms with Crippen LogP contribution in [0, 0.1) is 6.92 Å². The molecule has 0 saturated heterocycles. The molecule has 4 nitrogen and oxygen atoms in total. The number of pyridine rings is 1. The summed E-state index contributed by atoms with van der Waals surface area (Å²) in [5.41, 5.74) is 7.30. The monoisotopic (exact) mass is 397 g/mol. The number of fused-ring (bicyclic) bond motifs is 1. The third-order valence-electron chi connectivity index (χ3n) is 4.42. The van der Waals surface area contributed by atoms with E-state index < -0.39 is 0 Å². The van der Waals surface area contributed by atoms with E-state index in [1.54, 1.807) is 0 Å². The topological polar surface area (TPSA) is 54.0 Å². The first-order chi connectivity index (χ1) is 14.3. The number of rotatable bonds is 5. The fourth-order valence-corrected chi connectivity index (χ4v) is 3.21. The lowest BCUT2D eigenvalue weighted by atomic mass is 10.0. The molecule has 30 heavy (non-hydrogen) atoms. The molecule has 0 fully saturated rings. The predicted octanol–water partition coefficient (Wildman–Crippen LogP) is 6.76. The van der Waals surface area contributed by atoms with Crippen LogP contribution >= 0.6 is 0 Å². The summed E-state index contributed by atoms with van der Waals surface area (Å²) in [6.07, 6.45) is 3.76. The van der Waals surface area contributed by atoms with Gasteiger partial charge in [0.1, 0.15) is 0 Å². The highest BCUT2D eigenvalue weighted by molar-refractivity contribution is 5.96. The Kier molecular flexibility index (Phi) is 6.48. The Morgan fingerprint density at radius 2 is 1.77 bits per heavy atom. The van der Waals surface area contributed by atoms with Crippen molar-refractivity contribution in [2.75, 3.05) is 5.32 Å². The number of nitrogens with zero attached hydrogens (tertiary/aromatic N) is 1. The fourth-order valence-electron chi connectivity index (χ4n) is 3.21. The molecular formula is C26H27N3O. The molecule has 0 saturated carbocycles. The SMILES string of the molecule is C=C(C)C=C(C=C(C)C)NC(=O)Nc1ccccc1-c1ccc2nc(C)ccc2c1. The first-order valence-electron chi connectivity index (χ1n) is 9.89. The molecule has 0 aliphatic rings. The number of carbonyl (C=O) groups is 1. The Labute approximate surface area is 178 Å². The van der Waals surface area contributed by atoms with Crippen molar-refractivity contribution in [2.45, 2.75) is 27.7 Å². The molecule has 2 N–H and O–H groups in total. The number of nitrogens with one attached hydrogen (secondary N) is 2. The maximum absolute atomic E-state index is 12.7. The molecule has 0 atom stereocenters. The van der Waals surface area contributed by atoms with Crippen LogP contribution in [0.5, 0.6) is 0 Å². The molecule has 1 heterocycles. The normalized spacial score (nSPS) is 11.1. The highest BCUT2D eigenvalue weighted by Gasteiger charge is 2.10. The number of hydrogen-bond donors (Lipinski definition) is 2. The number of carbonyl (C=O) groups excluding carboxylic acids is 1. The predicted molar refractivity (Wildman–Crippen MR) is 126 cm³/mol. The molecule has 0 bridgehead atoms. The van der Waals surface area contributed by atoms with Crippen molar-refractivity contribution in [3.8, 4) is 11.1 Å². The molecule has 152 valence electrons. The number of benzene rings is 2. The smallest absolute Gasteiger partial charge is 0.308 e. The Bertz CT molecular complexity index is 1170. The third-order valence-corrected chi connectivity index (χ3v) is 4.42. The van der Waals surface area contributed by atoms with Gasteiger partial charge in [0.15, 0.2) is 0 Å². The summed E-state index contributed by atoms with van der Waals surface area (Å²) >= 11 is 0. The average Bonchev–Trinajstić information content (AvgIpc) is 2.67. The number of aromatic nitrogens is 1. The highest BCUT2D eigenvalue weighted by Crippen LogP contribution is 2.30. The highest BCUT2D eigenvalue weighted by atomic mass is 16.2. The Morgan fingerprint density at radius 1 is 1.00 bits per heavy atom. The first-order valence-corrected chi connectivity index (χ1v) is 9.89. The quantitative estimate of drug-likeness (QED) is 0.467. The van der Waals surface area contributed by atoms with Gasteiger partial charge < -0.3 is 10.6 Å². The van der Waals surface area contributed by atoms with Crippen LogP contribution in [0.2, 0.25) is 0 Å². The summed E-state index contributed by atoms with van der Waals surface area (Å²) in [4.78, 5) is 17.2. The summed E-state index contributed by atoms with van der Waals surface area (Å²) in [6.45, 7) is 11.7. The zero-order chi connectivity index (χ0) is 21.7. The largest absolute Gasteiger partial charge is 0.323 e. The molecule has 0 unspecified atom stereocenters. The van der Waals surface area contributed by atoms with Crippen molar-refractivity contribution >= 4 is 22.6 Å². The zero-order valence-electron chi connectivity index (χ0n) is 17.9. The van der Waals surface area contributed by atoms with Crippen LogP contribution in [0.4, 0.5) is 10.5 Å². The van der Waals surface area contributed by atoms with Crippen LogP contribution in [0.3, 0.4) is 0 Å². The molecule has 0 aliphatic carbocycles. The lowest BCUT2D eigenvalue weighted by Crippen LogP contribution is -2.28. The van der Waals surface area contributed by atoms with Gasteiger partial charge in [-0.1, -0.05) is 48.1 Å². The van der Waals surface area contributed by atoms with Crippen LogP contribution in [-0.2, 0) is 0 Å². The molecule has 4 heteroatoms. The third kappa shape index (κ3) is 5.45. The van der Waals surface area contributed by atoms with Crippen molar-refractivity contribution in [1.29, 1.82) is 0 Å². The van der Waals surface area contributed by atoms with E-state index in [1.807, 2.05) is 82.3 Å². The van der Waals surface area contributed by atoms with Gasteiger partial charge in [0.2, 0.25) is 0 Å². The van der Waals surface area contributed by atoms with Crippen LogP contribution in [0.15, 0.2) is 90.2 Å². The summed E-state index contributed by atoms with van der Waals surface area (Å²) in [7, 11) is 0. The number of amides is 2. The van der Waals surface area contributed by atoms with Crippen molar-refractivity contribution in [3.05, 3.63) is 95.9 Å². The Morgan fingerprint density at radius 3 is 2.50 bits per heavy atom. The van der Waals surface area contributed by atoms with Crippen molar-refractivity contribution < 1.29 is 4.79 Å². The number of allylic oxidation sites excluding steroid dienone is 4. The van der Waals surface area contributed by atoms with Gasteiger partial charge in [-0.15, -0.1) is 0 Å². The standard InChI is InChI=1S/C26H27N3O/c1-17(2)14-22(15-18(3)4)28-26(30)29-25-9-7-6-8-23(25)20-12-13-24-21(16-20)11-10-19(5)27-24/h6-16H,1H2,2-5H3,(H2,28,29,30). The van der Waals surface area contributed by atoms with Crippen molar-refractivity contribution in [2.24, 2.45) is 0 Å². The van der Waals surface area contributed by atoms with E-state index in [4.69, 9.17) is 0 Å². The van der Waals surface area contributed by atoms with Gasteiger partial charge in [-0.2, -0.15) is 0 Å². The lowest BCUT2D eigenvalue weighted by molar-refractivity contribution is 0.254. The van der Waals surface area contributed by atoms with Crippen molar-refractivity contribution in [3.63, 3.8) is 0 Å². The van der Waals surface area contributed by atoms with Gasteiger partial charge in [0.25, 0.3) is 0 Å². The van der Waals surface area contributed by atoms with E-state index in [0.29, 0.717) is 5.70 Å². The molecular weight excluding hydrogens is 370 g/mol. The van der Waals surface area contributed by atoms with E-state index >= 15 is 0 Å². The number of aryl methyl sites for hydroxylation is 1. The lowest BCUT2D eigenvalue weighted by Gasteiger charge is -2.13. The minimum Gasteiger partial charge on any atom is -0.308 e. The van der Waals surface area contributed by atoms with Crippen LogP contribution in [0.25, 0.3) is 22.0 Å². The summed E-state index contributed by atoms with van der Waals surface area (Å²) in [5, 5.41) is 6.95. The molecule has 0 spiro atoms. The van der Waals surface area contributed by atoms with E-state index in [-0.39, 0.29) is 6.03 Å².